The van der Waals surface area contributed by atoms with Gasteiger partial charge in [-0.3, -0.25) is 0 Å². The quantitative estimate of drug-likeness (QED) is 0.303. The highest BCUT2D eigenvalue weighted by Crippen LogP contribution is 2.38. The van der Waals surface area contributed by atoms with Gasteiger partial charge in [-0.15, -0.1) is 0 Å². The van der Waals surface area contributed by atoms with E-state index in [9.17, 15) is 0 Å². The molecule has 0 saturated carbocycles. The zero-order chi connectivity index (χ0) is 16.5. The van der Waals surface area contributed by atoms with Gasteiger partial charge in [0.1, 0.15) is 0 Å². The summed E-state index contributed by atoms with van der Waals surface area (Å²) in [6.07, 6.45) is 6.11. The van der Waals surface area contributed by atoms with Crippen molar-refractivity contribution in [1.82, 2.24) is 0 Å². The Kier molecular flexibility index (Phi) is 5.58. The number of rotatable bonds is 3. The average Bonchev–Trinajstić information content (AvgIpc) is 2.45. The number of hydrogen-bond acceptors (Lipinski definition) is 0. The molecule has 0 unspecified atom stereocenters. The molecule has 1 aliphatic rings. The summed E-state index contributed by atoms with van der Waals surface area (Å²) in [5.41, 5.74) is 8.84. The van der Waals surface area contributed by atoms with E-state index in [0.29, 0.717) is 5.41 Å². The lowest BCUT2D eigenvalue weighted by Crippen LogP contribution is -2.27. The van der Waals surface area contributed by atoms with Crippen molar-refractivity contribution >= 4 is 28.7 Å². The molecule has 0 amide bonds. The number of hydrogen-bond donors (Lipinski definition) is 0. The average molecular weight is 408 g/mol. The summed E-state index contributed by atoms with van der Waals surface area (Å²) < 4.78 is 0.996. The minimum Gasteiger partial charge on any atom is -0.0948 e. The molecule has 0 N–H and O–H groups in total. The van der Waals surface area contributed by atoms with E-state index >= 15 is 0 Å². The molecule has 0 nitrogen and oxygen atoms in total. The largest absolute Gasteiger partial charge is 0.0948 e. The third-order valence-corrected chi connectivity index (χ3v) is 6.05. The van der Waals surface area contributed by atoms with Crippen LogP contribution < -0.4 is 0 Å². The molecule has 1 atom stereocenters. The molecule has 1 heteroatoms. The first-order chi connectivity index (χ1) is 10.2. The van der Waals surface area contributed by atoms with Crippen LogP contribution >= 0.6 is 22.6 Å². The molecule has 1 aliphatic carbocycles. The fourth-order valence-electron chi connectivity index (χ4n) is 3.29. The molecule has 0 fully saturated rings. The van der Waals surface area contributed by atoms with Crippen molar-refractivity contribution in [1.29, 1.82) is 0 Å². The first-order valence-electron chi connectivity index (χ1n) is 8.27. The Labute approximate surface area is 150 Å². The summed E-state index contributed by atoms with van der Waals surface area (Å²) in [6, 6.07) is 4.85. The number of aryl methyl sites for hydroxylation is 2. The van der Waals surface area contributed by atoms with Crippen LogP contribution in [0.25, 0.3) is 6.08 Å². The Morgan fingerprint density at radius 3 is 2.59 bits per heavy atom. The summed E-state index contributed by atoms with van der Waals surface area (Å²) in [5.74, 6) is 0.796. The van der Waals surface area contributed by atoms with Crippen molar-refractivity contribution in [3.05, 3.63) is 52.1 Å². The van der Waals surface area contributed by atoms with E-state index in [2.05, 4.69) is 82.0 Å². The van der Waals surface area contributed by atoms with Crippen LogP contribution in [-0.4, -0.2) is 4.43 Å². The molecule has 0 aliphatic heterocycles. The van der Waals surface area contributed by atoms with Crippen molar-refractivity contribution in [3.63, 3.8) is 0 Å². The molecule has 2 rings (SSSR count). The first kappa shape index (κ1) is 17.8. The van der Waals surface area contributed by atoms with E-state index in [1.165, 1.54) is 41.5 Å². The van der Waals surface area contributed by atoms with Crippen LogP contribution in [0, 0.1) is 18.3 Å². The summed E-state index contributed by atoms with van der Waals surface area (Å²) in [7, 11) is 0. The number of benzene rings is 1. The molecule has 0 heterocycles. The Bertz CT molecular complexity index is 599. The van der Waals surface area contributed by atoms with Crippen molar-refractivity contribution < 1.29 is 0 Å². The van der Waals surface area contributed by atoms with Crippen LogP contribution in [0.2, 0.25) is 0 Å². The van der Waals surface area contributed by atoms with E-state index in [-0.39, 0.29) is 0 Å². The van der Waals surface area contributed by atoms with Crippen LogP contribution in [0.5, 0.6) is 0 Å². The van der Waals surface area contributed by atoms with Gasteiger partial charge in [0, 0.05) is 4.43 Å². The van der Waals surface area contributed by atoms with E-state index in [0.717, 1.165) is 10.3 Å². The lowest BCUT2D eigenvalue weighted by atomic mass is 9.70. The van der Waals surface area contributed by atoms with Gasteiger partial charge in [-0.05, 0) is 77.8 Å². The maximum absolute atomic E-state index is 4.15. The minimum absolute atomic E-state index is 0.407. The fraction of sp³-hybridized carbons (Fsp3) is 0.524. The zero-order valence-electron chi connectivity index (χ0n) is 14.7. The predicted molar refractivity (Wildman–Crippen MR) is 108 cm³/mol. The maximum atomic E-state index is 4.15. The Morgan fingerprint density at radius 1 is 1.32 bits per heavy atom. The van der Waals surface area contributed by atoms with Crippen LogP contribution in [-0.2, 0) is 12.8 Å². The minimum atomic E-state index is 0.407. The second-order valence-electron chi connectivity index (χ2n) is 7.85. The standard InChI is InChI=1S/C21H29I/c1-14(16(3)13-22)9-18-11-19-12-20(21(4,5)6)8-7-17(19)10-15(18)2/h9-11,20H,3,7-8,12-13H2,1-2,4-6H3/b14-9+/t20-/m0/s1. The molecular weight excluding hydrogens is 379 g/mol. The fourth-order valence-corrected chi connectivity index (χ4v) is 3.89. The monoisotopic (exact) mass is 408 g/mol. The smallest absolute Gasteiger partial charge is 0.0243 e. The van der Waals surface area contributed by atoms with Crippen molar-refractivity contribution in [2.24, 2.45) is 11.3 Å². The van der Waals surface area contributed by atoms with Gasteiger partial charge >= 0.3 is 0 Å². The third-order valence-electron chi connectivity index (χ3n) is 5.13. The number of alkyl halides is 1. The normalized spacial score (nSPS) is 19.0. The molecule has 0 spiro atoms. The highest BCUT2D eigenvalue weighted by Gasteiger charge is 2.28. The number of fused-ring (bicyclic) bond motifs is 1. The lowest BCUT2D eigenvalue weighted by molar-refractivity contribution is 0.216. The Hall–Kier alpha value is -0.570. The van der Waals surface area contributed by atoms with Crippen molar-refractivity contribution in [2.75, 3.05) is 4.43 Å². The molecule has 0 aromatic heterocycles. The lowest BCUT2D eigenvalue weighted by Gasteiger charge is -2.35. The van der Waals surface area contributed by atoms with Crippen LogP contribution in [0.15, 0.2) is 29.9 Å². The second kappa shape index (κ2) is 6.90. The van der Waals surface area contributed by atoms with Crippen LogP contribution in [0.3, 0.4) is 0 Å². The molecule has 0 saturated heterocycles. The number of allylic oxidation sites excluding steroid dienone is 2. The maximum Gasteiger partial charge on any atom is 0.0243 e. The molecule has 1 aromatic carbocycles. The van der Waals surface area contributed by atoms with Gasteiger partial charge in [0.15, 0.2) is 0 Å². The SMILES string of the molecule is C=C(CI)/C(C)=C/c1cc2c(cc1C)CC[C@H](C(C)(C)C)C2. The van der Waals surface area contributed by atoms with E-state index in [4.69, 9.17) is 0 Å². The molecule has 22 heavy (non-hydrogen) atoms. The second-order valence-corrected chi connectivity index (χ2v) is 8.61. The molecule has 1 aromatic rings. The van der Waals surface area contributed by atoms with E-state index < -0.39 is 0 Å². The molecule has 0 radical (unpaired) electrons. The highest BCUT2D eigenvalue weighted by atomic mass is 127. The summed E-state index contributed by atoms with van der Waals surface area (Å²) in [4.78, 5) is 0. The molecule has 0 bridgehead atoms. The van der Waals surface area contributed by atoms with Gasteiger partial charge in [0.2, 0.25) is 0 Å². The summed E-state index contributed by atoms with van der Waals surface area (Å²) in [6.45, 7) is 15.7. The van der Waals surface area contributed by atoms with Gasteiger partial charge in [-0.2, -0.15) is 0 Å². The van der Waals surface area contributed by atoms with Gasteiger partial charge in [-0.25, -0.2) is 0 Å². The topological polar surface area (TPSA) is 0 Å². The summed E-state index contributed by atoms with van der Waals surface area (Å²) in [5, 5.41) is 0. The Balaban J connectivity index is 2.35. The van der Waals surface area contributed by atoms with Crippen LogP contribution in [0.4, 0.5) is 0 Å². The molecular formula is C21H29I. The summed E-state index contributed by atoms with van der Waals surface area (Å²) >= 11 is 2.39. The third kappa shape index (κ3) is 4.04. The van der Waals surface area contributed by atoms with Crippen molar-refractivity contribution in [2.45, 2.75) is 53.9 Å². The van der Waals surface area contributed by atoms with Crippen LogP contribution in [0.1, 0.15) is 56.4 Å². The zero-order valence-corrected chi connectivity index (χ0v) is 16.9. The van der Waals surface area contributed by atoms with Crippen molar-refractivity contribution in [3.8, 4) is 0 Å². The Morgan fingerprint density at radius 2 is 2.00 bits per heavy atom. The predicted octanol–water partition coefficient (Wildman–Crippen LogP) is 6.54. The first-order valence-corrected chi connectivity index (χ1v) is 9.79. The van der Waals surface area contributed by atoms with Gasteiger partial charge in [0.25, 0.3) is 0 Å². The molecule has 120 valence electrons. The van der Waals surface area contributed by atoms with E-state index in [1.54, 1.807) is 11.1 Å². The highest BCUT2D eigenvalue weighted by molar-refractivity contribution is 14.1. The van der Waals surface area contributed by atoms with Gasteiger partial charge in [0.05, 0.1) is 0 Å². The van der Waals surface area contributed by atoms with Gasteiger partial charge < -0.3 is 0 Å². The van der Waals surface area contributed by atoms with Gasteiger partial charge in [-0.1, -0.05) is 68.1 Å². The number of halogens is 1. The van der Waals surface area contributed by atoms with E-state index in [1.807, 2.05) is 0 Å².